The van der Waals surface area contributed by atoms with Crippen LogP contribution < -0.4 is 80.6 Å². The van der Waals surface area contributed by atoms with Gasteiger partial charge in [-0.3, -0.25) is 77.5 Å². The minimum atomic E-state index is -1.88. The number of rotatable bonds is 46. The molecule has 3 fully saturated rings. The van der Waals surface area contributed by atoms with Gasteiger partial charge in [-0.25, -0.2) is 0 Å². The molecule has 3 aliphatic rings. The number of hydrogen-bond acceptors (Lipinski definition) is 18. The van der Waals surface area contributed by atoms with E-state index in [9.17, 15) is 67.7 Å². The van der Waals surface area contributed by atoms with Gasteiger partial charge in [-0.05, 0) is 160 Å². The maximum atomic E-state index is 15.4. The standard InChI is InChI=1S/C88H121ClN18O16/c1-52(2)44-68(80(116)101-67(26-16-41-96-88(91)92)87(123)107-43-17-27-74(107)86(122)97-53(3)75(90)111)102-79(115)65(25-13-14-40-94-78(114)66(99-77(113)61-22-9-6-10-23-61)38-42-95-76(112)60-20-7-5-8-21-60)100-82(118)70(47-56-31-36-64(110)37-32-56)105-85(121)73(51-108)106-84(120)72(49-58-18-15-39-93-50-58)104-83(119)71(46-55-29-34-63(89)35-30-55)103-81(117)69(98-54(4)109)48-57-28-33-59-19-11-12-24-62(59)45-57/h11-12,15,18-19,24,28-37,39,45,50,52-53,60-61,65-74,108,110H,5-10,13-14,16-17,20-23,25-27,38,40-44,46-49,51H2,1-4H3,(H2,90,111)(H,94,114)(H,95,112)(H,97,122)(H,98,109)(H,99,113)(H,100,118)(H,101,116)(H,102,115)(H,103,117)(H,104,119)(H,105,121)(H,106,120)(H4,91,92,96)/t53-,65-,66?,67+,68+,69-,70+,71-,72-,73+,74+/m1/s1. The van der Waals surface area contributed by atoms with Crippen LogP contribution in [-0.2, 0) is 92.8 Å². The van der Waals surface area contributed by atoms with Crippen LogP contribution in [0.4, 0.5) is 0 Å². The third kappa shape index (κ3) is 31.9. The molecule has 666 valence electrons. The third-order valence-electron chi connectivity index (χ3n) is 22.3. The number of halogens is 1. The first-order valence-corrected chi connectivity index (χ1v) is 43.0. The molecule has 14 amide bonds. The number of carbonyl (C=O) groups excluding carboxylic acids is 14. The van der Waals surface area contributed by atoms with Gasteiger partial charge in [0.1, 0.15) is 72.2 Å². The summed E-state index contributed by atoms with van der Waals surface area (Å²) in [6, 6.07) is 13.1. The Balaban J connectivity index is 1.06. The predicted octanol–water partition coefficient (Wildman–Crippen LogP) is 2.48. The molecule has 0 radical (unpaired) electrons. The van der Waals surface area contributed by atoms with Crippen molar-refractivity contribution in [3.05, 3.63) is 143 Å². The monoisotopic (exact) mass is 1720 g/mol. The van der Waals surface area contributed by atoms with Gasteiger partial charge in [0, 0.05) is 88.0 Å². The van der Waals surface area contributed by atoms with E-state index in [0.717, 1.165) is 62.1 Å². The molecule has 8 rings (SSSR count). The molecule has 5 aromatic rings. The fraction of sp³-hybridized carbons (Fsp3) is 0.523. The number of aromatic nitrogens is 1. The van der Waals surface area contributed by atoms with Gasteiger partial charge < -0.3 is 95.7 Å². The third-order valence-corrected chi connectivity index (χ3v) is 22.5. The Hall–Kier alpha value is -11.8. The number of amides is 14. The van der Waals surface area contributed by atoms with Crippen LogP contribution in [-0.4, -0.2) is 208 Å². The van der Waals surface area contributed by atoms with E-state index in [1.807, 2.05) is 42.5 Å². The highest BCUT2D eigenvalue weighted by atomic mass is 35.5. The molecule has 0 bridgehead atoms. The highest BCUT2D eigenvalue weighted by molar-refractivity contribution is 6.30. The van der Waals surface area contributed by atoms with Crippen LogP contribution in [0, 0.1) is 23.2 Å². The maximum Gasteiger partial charge on any atom is 0.245 e. The highest BCUT2D eigenvalue weighted by Gasteiger charge is 2.41. The number of pyridine rings is 1. The summed E-state index contributed by atoms with van der Waals surface area (Å²) in [7, 11) is 0. The number of unbranched alkanes of at least 4 members (excludes halogenated alkanes) is 1. The largest absolute Gasteiger partial charge is 0.508 e. The summed E-state index contributed by atoms with van der Waals surface area (Å²) in [6.07, 6.45) is 11.4. The van der Waals surface area contributed by atoms with E-state index in [1.165, 1.54) is 55.4 Å². The zero-order chi connectivity index (χ0) is 89.1. The number of phenolic OH excluding ortho intramolecular Hbond substituents is 1. The Morgan fingerprint density at radius 2 is 0.959 bits per heavy atom. The van der Waals surface area contributed by atoms with Crippen LogP contribution in [0.15, 0.2) is 116 Å². The van der Waals surface area contributed by atoms with Crippen LogP contribution in [0.3, 0.4) is 0 Å². The van der Waals surface area contributed by atoms with Crippen molar-refractivity contribution in [3.8, 4) is 5.75 Å². The van der Waals surface area contributed by atoms with E-state index in [0.29, 0.717) is 46.5 Å². The first kappa shape index (κ1) is 96.6. The van der Waals surface area contributed by atoms with Crippen molar-refractivity contribution in [2.75, 3.05) is 32.8 Å². The highest BCUT2D eigenvalue weighted by Crippen LogP contribution is 2.27. The van der Waals surface area contributed by atoms with Crippen molar-refractivity contribution < 1.29 is 77.3 Å². The molecule has 4 aromatic carbocycles. The number of phenols is 1. The smallest absolute Gasteiger partial charge is 0.245 e. The molecule has 2 saturated carbocycles. The molecule has 35 heteroatoms. The lowest BCUT2D eigenvalue weighted by atomic mass is 9.88. The molecular formula is C88H121ClN18O16. The van der Waals surface area contributed by atoms with Gasteiger partial charge in [0.25, 0.3) is 0 Å². The number of aromatic hydroxyl groups is 1. The Morgan fingerprint density at radius 1 is 0.463 bits per heavy atom. The molecule has 2 aliphatic carbocycles. The first-order valence-electron chi connectivity index (χ1n) is 42.7. The Kier molecular flexibility index (Phi) is 38.8. The average molecular weight is 1720 g/mol. The van der Waals surface area contributed by atoms with Crippen molar-refractivity contribution in [2.45, 2.75) is 242 Å². The lowest BCUT2D eigenvalue weighted by Crippen LogP contribution is -2.61. The minimum absolute atomic E-state index is 0.0137. The number of primary amides is 1. The number of hydrogen-bond donors (Lipinski definition) is 18. The summed E-state index contributed by atoms with van der Waals surface area (Å²) in [4.78, 5) is 205. The van der Waals surface area contributed by atoms with Gasteiger partial charge in [-0.1, -0.05) is 137 Å². The average Bonchev–Trinajstić information content (AvgIpc) is 1.75. The first-order chi connectivity index (χ1) is 58.9. The quantitative estimate of drug-likeness (QED) is 0.0151. The number of benzene rings is 4. The fourth-order valence-electron chi connectivity index (χ4n) is 15.5. The molecule has 1 saturated heterocycles. The molecule has 0 spiro atoms. The summed E-state index contributed by atoms with van der Waals surface area (Å²) < 4.78 is 0. The van der Waals surface area contributed by atoms with E-state index >= 15 is 9.59 Å². The van der Waals surface area contributed by atoms with Crippen molar-refractivity contribution in [2.24, 2.45) is 29.2 Å². The molecule has 2 heterocycles. The number of aliphatic hydroxyl groups is 1. The number of likely N-dealkylation sites (tertiary alicyclic amines) is 1. The zero-order valence-corrected chi connectivity index (χ0v) is 71.1. The number of aliphatic hydroxyl groups excluding tert-OH is 1. The Morgan fingerprint density at radius 3 is 1.54 bits per heavy atom. The van der Waals surface area contributed by atoms with Gasteiger partial charge in [-0.15, -0.1) is 0 Å². The van der Waals surface area contributed by atoms with Crippen LogP contribution in [0.1, 0.15) is 172 Å². The second-order valence-electron chi connectivity index (χ2n) is 32.5. The van der Waals surface area contributed by atoms with Crippen molar-refractivity contribution >= 4 is 111 Å². The van der Waals surface area contributed by atoms with Gasteiger partial charge in [0.05, 0.1) is 6.61 Å². The molecule has 1 aliphatic heterocycles. The van der Waals surface area contributed by atoms with E-state index in [1.54, 1.807) is 50.2 Å². The van der Waals surface area contributed by atoms with Crippen LogP contribution in [0.2, 0.25) is 5.02 Å². The number of nitrogens with zero attached hydrogens (tertiary/aromatic N) is 2. The van der Waals surface area contributed by atoms with E-state index in [2.05, 4.69) is 74.1 Å². The van der Waals surface area contributed by atoms with E-state index < -0.39 is 144 Å². The summed E-state index contributed by atoms with van der Waals surface area (Å²) in [6.45, 7) is 5.38. The number of carbonyl (C=O) groups is 14. The molecule has 11 atom stereocenters. The second kappa shape index (κ2) is 49.3. The van der Waals surface area contributed by atoms with Gasteiger partial charge >= 0.3 is 0 Å². The number of guanidine groups is 1. The molecule has 1 unspecified atom stereocenters. The normalized spacial score (nSPS) is 16.6. The van der Waals surface area contributed by atoms with Gasteiger partial charge in [0.15, 0.2) is 5.96 Å². The van der Waals surface area contributed by atoms with E-state index in [4.69, 9.17) is 28.5 Å². The Labute approximate surface area is 721 Å². The number of nitrogens with two attached hydrogens (primary N) is 2. The number of fused-ring (bicyclic) bond motifs is 1. The lowest BCUT2D eigenvalue weighted by molar-refractivity contribution is -0.142. The Bertz CT molecular complexity index is 4440. The van der Waals surface area contributed by atoms with Gasteiger partial charge in [0.2, 0.25) is 82.7 Å². The lowest BCUT2D eigenvalue weighted by Gasteiger charge is -2.31. The molecule has 34 nitrogen and oxygen atoms in total. The van der Waals surface area contributed by atoms with Crippen molar-refractivity contribution in [1.29, 1.82) is 5.41 Å². The maximum absolute atomic E-state index is 15.4. The summed E-state index contributed by atoms with van der Waals surface area (Å²) in [5.41, 5.74) is 13.0. The minimum Gasteiger partial charge on any atom is -0.508 e. The van der Waals surface area contributed by atoms with E-state index in [-0.39, 0.29) is 145 Å². The summed E-state index contributed by atoms with van der Waals surface area (Å²) in [5, 5.41) is 67.1. The molecule has 1 aromatic heterocycles. The molecule has 20 N–H and O–H groups in total. The van der Waals surface area contributed by atoms with Crippen LogP contribution >= 0.6 is 11.6 Å². The topological polar surface area (TPSA) is 528 Å². The fourth-order valence-corrected chi connectivity index (χ4v) is 15.6. The van der Waals surface area contributed by atoms with Gasteiger partial charge in [-0.2, -0.15) is 0 Å². The molecule has 123 heavy (non-hydrogen) atoms. The predicted molar refractivity (Wildman–Crippen MR) is 460 cm³/mol. The van der Waals surface area contributed by atoms with Crippen molar-refractivity contribution in [1.82, 2.24) is 79.0 Å². The summed E-state index contributed by atoms with van der Waals surface area (Å²) in [5.74, 6) is -11.4. The summed E-state index contributed by atoms with van der Waals surface area (Å²) >= 11 is 6.28. The number of nitrogens with one attached hydrogen (secondary N) is 14. The second-order valence-corrected chi connectivity index (χ2v) is 33.0. The molecular weight excluding hydrogens is 1600 g/mol. The van der Waals surface area contributed by atoms with Crippen LogP contribution in [0.5, 0.6) is 5.75 Å². The zero-order valence-electron chi connectivity index (χ0n) is 70.4. The SMILES string of the molecule is CC(=O)N[C@H](Cc1ccc2ccccc2c1)C(=O)N[C@H](Cc1ccc(Cl)cc1)C(=O)N[C@H](Cc1cccnc1)C(=O)N[C@@H](CO)C(=O)N[C@@H](Cc1ccc(O)cc1)C(=O)N[C@H](CCCCNC(=O)C(CCNC(=O)C1CCCCC1)NC(=O)C1CCCCC1)C(=O)N[C@@H](CC(C)C)C(=O)N[C@@H](CCCNC(=N)N)C(=O)N1CCC[C@H]1C(=O)N[C@H](C)C(N)=O. The van der Waals surface area contributed by atoms with Crippen LogP contribution in [0.25, 0.3) is 10.8 Å². The van der Waals surface area contributed by atoms with Crippen molar-refractivity contribution in [3.63, 3.8) is 0 Å².